The third kappa shape index (κ3) is 4.92. The number of anilines is 1. The van der Waals surface area contributed by atoms with Crippen molar-refractivity contribution >= 4 is 33.0 Å². The van der Waals surface area contributed by atoms with Gasteiger partial charge in [0.05, 0.1) is 20.8 Å². The first-order chi connectivity index (χ1) is 15.1. The molecule has 0 bridgehead atoms. The first kappa shape index (κ1) is 23.3. The minimum absolute atomic E-state index is 0.0455. The van der Waals surface area contributed by atoms with Gasteiger partial charge in [0.15, 0.2) is 0 Å². The fourth-order valence-corrected chi connectivity index (χ4v) is 5.11. The zero-order valence-electron chi connectivity index (χ0n) is 17.3. The largest absolute Gasteiger partial charge is 0.322 e. The number of rotatable bonds is 7. The highest BCUT2D eigenvalue weighted by atomic mass is 32.2. The highest BCUT2D eigenvalue weighted by Crippen LogP contribution is 2.28. The lowest BCUT2D eigenvalue weighted by Crippen LogP contribution is -2.38. The number of carbonyl (C=O) groups is 1. The van der Waals surface area contributed by atoms with E-state index >= 15 is 0 Å². The SMILES string of the molecule is CN(C1CCCCC1)S(=O)(=O)c1ccc(NC(=O)c2ccc([N+](=O)[O-])cc2[N+](=O)[O-])cc1. The quantitative estimate of drug-likeness (QED) is 0.486. The number of non-ortho nitro benzene ring substituents is 1. The molecule has 1 aliphatic carbocycles. The van der Waals surface area contributed by atoms with Crippen molar-refractivity contribution in [2.75, 3.05) is 12.4 Å². The molecule has 0 radical (unpaired) electrons. The molecule has 12 heteroatoms. The lowest BCUT2D eigenvalue weighted by molar-refractivity contribution is -0.394. The van der Waals surface area contributed by atoms with Crippen molar-refractivity contribution in [3.05, 3.63) is 68.3 Å². The molecule has 2 aromatic carbocycles. The molecule has 0 saturated heterocycles. The second-order valence-electron chi connectivity index (χ2n) is 7.51. The molecule has 32 heavy (non-hydrogen) atoms. The van der Waals surface area contributed by atoms with Crippen LogP contribution < -0.4 is 5.32 Å². The Hall–Kier alpha value is -3.38. The van der Waals surface area contributed by atoms with E-state index in [4.69, 9.17) is 0 Å². The summed E-state index contributed by atoms with van der Waals surface area (Å²) in [5.41, 5.74) is -1.34. The Bertz CT molecular complexity index is 1140. The van der Waals surface area contributed by atoms with Crippen LogP contribution in [0.4, 0.5) is 17.1 Å². The van der Waals surface area contributed by atoms with Gasteiger partial charge in [-0.1, -0.05) is 19.3 Å². The van der Waals surface area contributed by atoms with Crippen molar-refractivity contribution in [1.29, 1.82) is 0 Å². The summed E-state index contributed by atoms with van der Waals surface area (Å²) in [6, 6.07) is 8.15. The van der Waals surface area contributed by atoms with E-state index in [0.29, 0.717) is 6.07 Å². The van der Waals surface area contributed by atoms with Crippen LogP contribution in [0, 0.1) is 20.2 Å². The average Bonchev–Trinajstić information content (AvgIpc) is 2.78. The van der Waals surface area contributed by atoms with E-state index in [1.54, 1.807) is 7.05 Å². The molecule has 170 valence electrons. The zero-order chi connectivity index (χ0) is 23.5. The normalized spacial score (nSPS) is 14.8. The van der Waals surface area contributed by atoms with Gasteiger partial charge in [0.2, 0.25) is 10.0 Å². The van der Waals surface area contributed by atoms with Crippen LogP contribution in [0.2, 0.25) is 0 Å². The van der Waals surface area contributed by atoms with Crippen LogP contribution in [0.15, 0.2) is 47.4 Å². The molecule has 0 spiro atoms. The molecule has 1 saturated carbocycles. The highest BCUT2D eigenvalue weighted by molar-refractivity contribution is 7.89. The number of nitrogens with zero attached hydrogens (tertiary/aromatic N) is 3. The first-order valence-electron chi connectivity index (χ1n) is 9.93. The number of nitrogens with one attached hydrogen (secondary N) is 1. The second-order valence-corrected chi connectivity index (χ2v) is 9.50. The molecular weight excluding hydrogens is 440 g/mol. The number of amides is 1. The van der Waals surface area contributed by atoms with Gasteiger partial charge in [-0.25, -0.2) is 8.42 Å². The average molecular weight is 462 g/mol. The maximum Gasteiger partial charge on any atom is 0.289 e. The van der Waals surface area contributed by atoms with E-state index in [1.165, 1.54) is 28.6 Å². The smallest absolute Gasteiger partial charge is 0.289 e. The maximum absolute atomic E-state index is 12.9. The van der Waals surface area contributed by atoms with Crippen molar-refractivity contribution in [3.63, 3.8) is 0 Å². The van der Waals surface area contributed by atoms with Crippen LogP contribution in [0.3, 0.4) is 0 Å². The molecule has 11 nitrogen and oxygen atoms in total. The van der Waals surface area contributed by atoms with Gasteiger partial charge >= 0.3 is 0 Å². The molecule has 1 N–H and O–H groups in total. The summed E-state index contributed by atoms with van der Waals surface area (Å²) in [5, 5.41) is 24.5. The molecule has 0 atom stereocenters. The maximum atomic E-state index is 12.9. The van der Waals surface area contributed by atoms with Gasteiger partial charge < -0.3 is 5.32 Å². The van der Waals surface area contributed by atoms with Crippen molar-refractivity contribution in [2.24, 2.45) is 0 Å². The number of hydrogen-bond acceptors (Lipinski definition) is 7. The van der Waals surface area contributed by atoms with E-state index in [0.717, 1.165) is 44.2 Å². The molecule has 3 rings (SSSR count). The summed E-state index contributed by atoms with van der Waals surface area (Å²) in [7, 11) is -2.14. The summed E-state index contributed by atoms with van der Waals surface area (Å²) >= 11 is 0. The van der Waals surface area contributed by atoms with E-state index in [1.807, 2.05) is 0 Å². The van der Waals surface area contributed by atoms with Gasteiger partial charge in [-0.05, 0) is 43.2 Å². The van der Waals surface area contributed by atoms with E-state index in [2.05, 4.69) is 5.32 Å². The Labute approximate surface area is 184 Å². The first-order valence-corrected chi connectivity index (χ1v) is 11.4. The Morgan fingerprint density at radius 1 is 1.00 bits per heavy atom. The Morgan fingerprint density at radius 2 is 1.62 bits per heavy atom. The molecular formula is C20H22N4O7S. The molecule has 0 aliphatic heterocycles. The van der Waals surface area contributed by atoms with Gasteiger partial charge in [0.25, 0.3) is 17.3 Å². The summed E-state index contributed by atoms with van der Waals surface area (Å²) in [4.78, 5) is 33.0. The number of hydrogen-bond donors (Lipinski definition) is 1. The van der Waals surface area contributed by atoms with Crippen LogP contribution in [-0.4, -0.2) is 41.6 Å². The number of nitro groups is 2. The Balaban J connectivity index is 1.78. The fourth-order valence-electron chi connectivity index (χ4n) is 3.69. The van der Waals surface area contributed by atoms with Gasteiger partial charge in [-0.3, -0.25) is 25.0 Å². The summed E-state index contributed by atoms with van der Waals surface area (Å²) < 4.78 is 27.2. The fraction of sp³-hybridized carbons (Fsp3) is 0.350. The monoisotopic (exact) mass is 462 g/mol. The topological polar surface area (TPSA) is 153 Å². The van der Waals surface area contributed by atoms with Crippen molar-refractivity contribution < 1.29 is 23.1 Å². The van der Waals surface area contributed by atoms with Crippen molar-refractivity contribution in [1.82, 2.24) is 4.31 Å². The van der Waals surface area contributed by atoms with E-state index < -0.39 is 37.2 Å². The molecule has 1 amide bonds. The lowest BCUT2D eigenvalue weighted by atomic mass is 9.96. The van der Waals surface area contributed by atoms with Crippen LogP contribution in [0.5, 0.6) is 0 Å². The second kappa shape index (κ2) is 9.40. The molecule has 2 aromatic rings. The number of nitro benzene ring substituents is 2. The van der Waals surface area contributed by atoms with Gasteiger partial charge in [0.1, 0.15) is 5.56 Å². The van der Waals surface area contributed by atoms with Crippen LogP contribution in [0.25, 0.3) is 0 Å². The van der Waals surface area contributed by atoms with Crippen LogP contribution >= 0.6 is 0 Å². The molecule has 0 unspecified atom stereocenters. The molecule has 1 aliphatic rings. The van der Waals surface area contributed by atoms with E-state index in [9.17, 15) is 33.4 Å². The standard InChI is InChI=1S/C20H22N4O7S/c1-22(15-5-3-2-4-6-15)32(30,31)17-10-7-14(8-11-17)21-20(25)18-12-9-16(23(26)27)13-19(18)24(28)29/h7-13,15H,2-6H2,1H3,(H,21,25). The molecule has 0 aromatic heterocycles. The Morgan fingerprint density at radius 3 is 2.19 bits per heavy atom. The summed E-state index contributed by atoms with van der Waals surface area (Å²) in [5.74, 6) is -0.846. The summed E-state index contributed by atoms with van der Waals surface area (Å²) in [6.07, 6.45) is 4.72. The third-order valence-electron chi connectivity index (χ3n) is 5.51. The predicted octanol–water partition coefficient (Wildman–Crippen LogP) is 3.71. The van der Waals surface area contributed by atoms with Gasteiger partial charge in [-0.15, -0.1) is 0 Å². The van der Waals surface area contributed by atoms with Crippen LogP contribution in [0.1, 0.15) is 42.5 Å². The number of sulfonamides is 1. The molecule has 0 heterocycles. The minimum Gasteiger partial charge on any atom is -0.322 e. The Kier molecular flexibility index (Phi) is 6.84. The lowest BCUT2D eigenvalue weighted by Gasteiger charge is -2.30. The number of benzene rings is 2. The van der Waals surface area contributed by atoms with Gasteiger partial charge in [-0.2, -0.15) is 4.31 Å². The van der Waals surface area contributed by atoms with Crippen molar-refractivity contribution in [3.8, 4) is 0 Å². The van der Waals surface area contributed by atoms with E-state index in [-0.39, 0.29) is 22.2 Å². The highest BCUT2D eigenvalue weighted by Gasteiger charge is 2.29. The van der Waals surface area contributed by atoms with Crippen LogP contribution in [-0.2, 0) is 10.0 Å². The number of carbonyl (C=O) groups excluding carboxylic acids is 1. The third-order valence-corrected chi connectivity index (χ3v) is 7.44. The van der Waals surface area contributed by atoms with Crippen molar-refractivity contribution in [2.45, 2.75) is 43.0 Å². The predicted molar refractivity (Wildman–Crippen MR) is 116 cm³/mol. The minimum atomic E-state index is -3.70. The van der Waals surface area contributed by atoms with Gasteiger partial charge in [0, 0.05) is 24.8 Å². The molecule has 1 fully saturated rings. The zero-order valence-corrected chi connectivity index (χ0v) is 18.1. The summed E-state index contributed by atoms with van der Waals surface area (Å²) in [6.45, 7) is 0.